The molecule has 2 heterocycles. The average Bonchev–Trinajstić information content (AvgIpc) is 2.23. The third-order valence-electron chi connectivity index (χ3n) is 2.85. The maximum absolute atomic E-state index is 6.01. The molecule has 1 saturated heterocycles. The normalized spacial score (nSPS) is 18.4. The van der Waals surface area contributed by atoms with Crippen LogP contribution in [-0.2, 0) is 4.74 Å². The Labute approximate surface area is 84.3 Å². The Balaban J connectivity index is 2.26. The van der Waals surface area contributed by atoms with E-state index >= 15 is 0 Å². The van der Waals surface area contributed by atoms with Crippen LogP contribution in [0.4, 0.5) is 5.69 Å². The molecule has 0 aromatic carbocycles. The van der Waals surface area contributed by atoms with Gasteiger partial charge in [0.15, 0.2) is 0 Å². The summed E-state index contributed by atoms with van der Waals surface area (Å²) in [4.78, 5) is 4.38. The fraction of sp³-hybridized carbons (Fsp3) is 0.545. The molecule has 0 amide bonds. The quantitative estimate of drug-likeness (QED) is 0.739. The smallest absolute Gasteiger partial charge is 0.0667 e. The van der Waals surface area contributed by atoms with E-state index < -0.39 is 0 Å². The van der Waals surface area contributed by atoms with Gasteiger partial charge < -0.3 is 10.5 Å². The molecule has 0 aliphatic carbocycles. The molecular weight excluding hydrogens is 176 g/mol. The summed E-state index contributed by atoms with van der Waals surface area (Å²) in [5, 5.41) is 0. The molecule has 1 fully saturated rings. The first-order valence-electron chi connectivity index (χ1n) is 5.08. The van der Waals surface area contributed by atoms with Crippen molar-refractivity contribution in [1.29, 1.82) is 0 Å². The molecule has 0 atom stereocenters. The molecule has 3 nitrogen and oxygen atoms in total. The zero-order valence-electron chi connectivity index (χ0n) is 8.49. The van der Waals surface area contributed by atoms with E-state index in [1.807, 2.05) is 19.2 Å². The zero-order valence-corrected chi connectivity index (χ0v) is 8.49. The Kier molecular flexibility index (Phi) is 2.68. The molecule has 2 N–H and O–H groups in total. The van der Waals surface area contributed by atoms with E-state index in [4.69, 9.17) is 10.5 Å². The van der Waals surface area contributed by atoms with Crippen LogP contribution in [0.5, 0.6) is 0 Å². The van der Waals surface area contributed by atoms with Crippen molar-refractivity contribution in [2.24, 2.45) is 0 Å². The number of pyridine rings is 1. The number of nitrogens with zero attached hydrogens (tertiary/aromatic N) is 1. The summed E-state index contributed by atoms with van der Waals surface area (Å²) < 4.78 is 5.32. The first kappa shape index (κ1) is 9.46. The van der Waals surface area contributed by atoms with Gasteiger partial charge in [-0.1, -0.05) is 0 Å². The van der Waals surface area contributed by atoms with Gasteiger partial charge in [-0.15, -0.1) is 0 Å². The Morgan fingerprint density at radius 2 is 2.14 bits per heavy atom. The van der Waals surface area contributed by atoms with Crippen molar-refractivity contribution in [3.63, 3.8) is 0 Å². The predicted octanol–water partition coefficient (Wildman–Crippen LogP) is 1.87. The van der Waals surface area contributed by atoms with Crippen molar-refractivity contribution in [2.75, 3.05) is 18.9 Å². The monoisotopic (exact) mass is 192 g/mol. The predicted molar refractivity (Wildman–Crippen MR) is 56.2 cm³/mol. The number of nitrogens with two attached hydrogens (primary N) is 1. The fourth-order valence-electron chi connectivity index (χ4n) is 1.89. The molecule has 3 heteroatoms. The molecule has 0 radical (unpaired) electrons. The topological polar surface area (TPSA) is 48.1 Å². The van der Waals surface area contributed by atoms with Crippen LogP contribution >= 0.6 is 0 Å². The highest BCUT2D eigenvalue weighted by Crippen LogP contribution is 2.30. The van der Waals surface area contributed by atoms with E-state index in [-0.39, 0.29) is 0 Å². The van der Waals surface area contributed by atoms with Gasteiger partial charge in [-0.2, -0.15) is 0 Å². The second-order valence-corrected chi connectivity index (χ2v) is 3.81. The van der Waals surface area contributed by atoms with Crippen LogP contribution in [-0.4, -0.2) is 18.2 Å². The number of rotatable bonds is 1. The number of aryl methyl sites for hydroxylation is 1. The SMILES string of the molecule is Cc1ccnc(C2CCOCC2)c1N. The third-order valence-corrected chi connectivity index (χ3v) is 2.85. The summed E-state index contributed by atoms with van der Waals surface area (Å²) in [5.74, 6) is 0.489. The van der Waals surface area contributed by atoms with Crippen LogP contribution in [0.15, 0.2) is 12.3 Å². The van der Waals surface area contributed by atoms with Crippen LogP contribution in [0, 0.1) is 6.92 Å². The zero-order chi connectivity index (χ0) is 9.97. The number of nitrogen functional groups attached to an aromatic ring is 1. The minimum Gasteiger partial charge on any atom is -0.397 e. The minimum atomic E-state index is 0.489. The highest BCUT2D eigenvalue weighted by atomic mass is 16.5. The van der Waals surface area contributed by atoms with Gasteiger partial charge in [0.25, 0.3) is 0 Å². The first-order chi connectivity index (χ1) is 6.79. The Morgan fingerprint density at radius 3 is 2.86 bits per heavy atom. The average molecular weight is 192 g/mol. The Morgan fingerprint density at radius 1 is 1.43 bits per heavy atom. The van der Waals surface area contributed by atoms with Gasteiger partial charge in [0.2, 0.25) is 0 Å². The molecule has 0 unspecified atom stereocenters. The second kappa shape index (κ2) is 3.96. The van der Waals surface area contributed by atoms with E-state index in [0.29, 0.717) is 5.92 Å². The second-order valence-electron chi connectivity index (χ2n) is 3.81. The molecule has 1 aromatic rings. The molecule has 0 spiro atoms. The lowest BCUT2D eigenvalue weighted by atomic mass is 9.94. The largest absolute Gasteiger partial charge is 0.397 e. The molecule has 1 aliphatic rings. The number of hydrogen-bond acceptors (Lipinski definition) is 3. The summed E-state index contributed by atoms with van der Waals surface area (Å²) in [5.41, 5.74) is 9.06. The van der Waals surface area contributed by atoms with Crippen LogP contribution in [0.2, 0.25) is 0 Å². The van der Waals surface area contributed by atoms with E-state index in [2.05, 4.69) is 4.98 Å². The molecule has 0 saturated carbocycles. The van der Waals surface area contributed by atoms with Crippen molar-refractivity contribution in [2.45, 2.75) is 25.7 Å². The standard InChI is InChI=1S/C11H16N2O/c1-8-2-5-13-11(10(8)12)9-3-6-14-7-4-9/h2,5,9H,3-4,6-7,12H2,1H3. The lowest BCUT2D eigenvalue weighted by Crippen LogP contribution is -2.16. The van der Waals surface area contributed by atoms with Crippen LogP contribution in [0.1, 0.15) is 30.0 Å². The molecule has 0 bridgehead atoms. The van der Waals surface area contributed by atoms with E-state index in [0.717, 1.165) is 43.0 Å². The van der Waals surface area contributed by atoms with Gasteiger partial charge in [0.1, 0.15) is 0 Å². The lowest BCUT2D eigenvalue weighted by molar-refractivity contribution is 0.0846. The number of aromatic nitrogens is 1. The molecular formula is C11H16N2O. The summed E-state index contributed by atoms with van der Waals surface area (Å²) in [7, 11) is 0. The van der Waals surface area contributed by atoms with E-state index in [1.54, 1.807) is 0 Å². The van der Waals surface area contributed by atoms with Gasteiger partial charge in [0, 0.05) is 25.3 Å². The number of anilines is 1. The molecule has 1 aromatic heterocycles. The molecule has 14 heavy (non-hydrogen) atoms. The molecule has 2 rings (SSSR count). The Hall–Kier alpha value is -1.09. The number of ether oxygens (including phenoxy) is 1. The van der Waals surface area contributed by atoms with Crippen molar-refractivity contribution >= 4 is 5.69 Å². The van der Waals surface area contributed by atoms with Gasteiger partial charge in [0.05, 0.1) is 11.4 Å². The minimum absolute atomic E-state index is 0.489. The van der Waals surface area contributed by atoms with E-state index in [1.165, 1.54) is 0 Å². The van der Waals surface area contributed by atoms with Gasteiger partial charge in [-0.05, 0) is 31.4 Å². The highest BCUT2D eigenvalue weighted by Gasteiger charge is 2.19. The van der Waals surface area contributed by atoms with Crippen molar-refractivity contribution in [3.8, 4) is 0 Å². The molecule has 1 aliphatic heterocycles. The fourth-order valence-corrected chi connectivity index (χ4v) is 1.89. The number of hydrogen-bond donors (Lipinski definition) is 1. The lowest BCUT2D eigenvalue weighted by Gasteiger charge is -2.23. The van der Waals surface area contributed by atoms with E-state index in [9.17, 15) is 0 Å². The summed E-state index contributed by atoms with van der Waals surface area (Å²) in [6.07, 6.45) is 3.93. The highest BCUT2D eigenvalue weighted by molar-refractivity contribution is 5.51. The maximum Gasteiger partial charge on any atom is 0.0667 e. The third kappa shape index (κ3) is 1.73. The Bertz CT molecular complexity index is 319. The van der Waals surface area contributed by atoms with Gasteiger partial charge >= 0.3 is 0 Å². The summed E-state index contributed by atoms with van der Waals surface area (Å²) in [6.45, 7) is 3.69. The first-order valence-corrected chi connectivity index (χ1v) is 5.08. The van der Waals surface area contributed by atoms with Crippen molar-refractivity contribution < 1.29 is 4.74 Å². The van der Waals surface area contributed by atoms with Crippen LogP contribution in [0.3, 0.4) is 0 Å². The van der Waals surface area contributed by atoms with Gasteiger partial charge in [-0.3, -0.25) is 4.98 Å². The van der Waals surface area contributed by atoms with Crippen molar-refractivity contribution in [3.05, 3.63) is 23.5 Å². The van der Waals surface area contributed by atoms with Crippen LogP contribution in [0.25, 0.3) is 0 Å². The summed E-state index contributed by atoms with van der Waals surface area (Å²) in [6, 6.07) is 1.96. The van der Waals surface area contributed by atoms with Gasteiger partial charge in [-0.25, -0.2) is 0 Å². The van der Waals surface area contributed by atoms with Crippen molar-refractivity contribution in [1.82, 2.24) is 4.98 Å². The summed E-state index contributed by atoms with van der Waals surface area (Å²) >= 11 is 0. The maximum atomic E-state index is 6.01. The van der Waals surface area contributed by atoms with Crippen LogP contribution < -0.4 is 5.73 Å². The molecule has 76 valence electrons.